The lowest BCUT2D eigenvalue weighted by atomic mass is 10.1. The maximum Gasteiger partial charge on any atom is 0.239 e. The number of hydrogen-bond acceptors (Lipinski definition) is 4. The van der Waals surface area contributed by atoms with Gasteiger partial charge in [-0.3, -0.25) is 9.48 Å². The number of aromatic nitrogens is 2. The zero-order valence-corrected chi connectivity index (χ0v) is 11.1. The molecule has 0 aromatic carbocycles. The molecular formula is C11H21N5O. The molecule has 6 nitrogen and oxygen atoms in total. The Labute approximate surface area is 102 Å². The van der Waals surface area contributed by atoms with Gasteiger partial charge in [0.15, 0.2) is 0 Å². The average Bonchev–Trinajstić information content (AvgIpc) is 2.36. The quantitative estimate of drug-likeness (QED) is 0.722. The predicted octanol–water partition coefficient (Wildman–Crippen LogP) is 0.637. The zero-order chi connectivity index (χ0) is 13.2. The maximum atomic E-state index is 11.6. The summed E-state index contributed by atoms with van der Waals surface area (Å²) in [5.74, 6) is 0.599. The minimum absolute atomic E-state index is 0.0734. The monoisotopic (exact) mass is 239 g/mol. The fourth-order valence-corrected chi connectivity index (χ4v) is 1.51. The molecule has 0 fully saturated rings. The van der Waals surface area contributed by atoms with Crippen LogP contribution in [0, 0.1) is 6.92 Å². The molecular weight excluding hydrogens is 218 g/mol. The summed E-state index contributed by atoms with van der Waals surface area (Å²) < 4.78 is 1.63. The van der Waals surface area contributed by atoms with Crippen LogP contribution in [0.4, 0.5) is 11.5 Å². The van der Waals surface area contributed by atoms with Crippen molar-refractivity contribution in [3.8, 4) is 0 Å². The fraction of sp³-hybridized carbons (Fsp3) is 0.636. The first kappa shape index (κ1) is 13.3. The average molecular weight is 239 g/mol. The number of anilines is 2. The van der Waals surface area contributed by atoms with E-state index in [9.17, 15) is 4.79 Å². The molecule has 1 rings (SSSR count). The highest BCUT2D eigenvalue weighted by Gasteiger charge is 2.15. The Hall–Kier alpha value is -1.72. The molecule has 0 spiro atoms. The van der Waals surface area contributed by atoms with E-state index >= 15 is 0 Å². The molecule has 0 aliphatic heterocycles. The lowest BCUT2D eigenvalue weighted by molar-refractivity contribution is -0.120. The highest BCUT2D eigenvalue weighted by Crippen LogP contribution is 2.20. The second-order valence-electron chi connectivity index (χ2n) is 5.12. The molecule has 1 aromatic rings. The van der Waals surface area contributed by atoms with E-state index in [0.717, 1.165) is 5.69 Å². The van der Waals surface area contributed by atoms with Crippen molar-refractivity contribution in [3.63, 3.8) is 0 Å². The number of nitrogens with zero attached hydrogens (tertiary/aromatic N) is 2. The van der Waals surface area contributed by atoms with E-state index in [1.807, 2.05) is 27.7 Å². The lowest BCUT2D eigenvalue weighted by Gasteiger charge is -2.20. The number of hydrogen-bond donors (Lipinski definition) is 3. The van der Waals surface area contributed by atoms with Crippen molar-refractivity contribution < 1.29 is 4.79 Å². The summed E-state index contributed by atoms with van der Waals surface area (Å²) >= 11 is 0. The van der Waals surface area contributed by atoms with Crippen molar-refractivity contribution in [2.75, 3.05) is 17.6 Å². The summed E-state index contributed by atoms with van der Waals surface area (Å²) in [5, 5.41) is 10.0. The molecule has 0 bridgehead atoms. The normalized spacial score (nSPS) is 11.4. The van der Waals surface area contributed by atoms with Crippen LogP contribution in [0.15, 0.2) is 0 Å². The van der Waals surface area contributed by atoms with E-state index in [1.54, 1.807) is 11.7 Å². The van der Waals surface area contributed by atoms with Crippen LogP contribution in [-0.2, 0) is 11.8 Å². The van der Waals surface area contributed by atoms with Gasteiger partial charge in [0.1, 0.15) is 5.82 Å². The van der Waals surface area contributed by atoms with Crippen LogP contribution < -0.4 is 16.4 Å². The van der Waals surface area contributed by atoms with Gasteiger partial charge in [0.05, 0.1) is 17.9 Å². The second kappa shape index (κ2) is 4.65. The van der Waals surface area contributed by atoms with Gasteiger partial charge in [-0.15, -0.1) is 0 Å². The van der Waals surface area contributed by atoms with Crippen molar-refractivity contribution in [3.05, 3.63) is 5.69 Å². The summed E-state index contributed by atoms with van der Waals surface area (Å²) in [5.41, 5.74) is 6.95. The summed E-state index contributed by atoms with van der Waals surface area (Å²) in [4.78, 5) is 11.6. The molecule has 0 aliphatic rings. The predicted molar refractivity (Wildman–Crippen MR) is 68.7 cm³/mol. The molecule has 96 valence electrons. The first-order valence-corrected chi connectivity index (χ1v) is 5.54. The molecule has 6 heteroatoms. The fourth-order valence-electron chi connectivity index (χ4n) is 1.51. The summed E-state index contributed by atoms with van der Waals surface area (Å²) in [7, 11) is 1.79. The number of amides is 1. The summed E-state index contributed by atoms with van der Waals surface area (Å²) in [6.45, 7) is 7.82. The Morgan fingerprint density at radius 2 is 2.06 bits per heavy atom. The van der Waals surface area contributed by atoms with Crippen LogP contribution in [0.25, 0.3) is 0 Å². The third kappa shape index (κ3) is 3.65. The van der Waals surface area contributed by atoms with Gasteiger partial charge in [-0.1, -0.05) is 0 Å². The van der Waals surface area contributed by atoms with Crippen LogP contribution in [0.3, 0.4) is 0 Å². The number of nitrogen functional groups attached to an aromatic ring is 1. The summed E-state index contributed by atoms with van der Waals surface area (Å²) in [6.07, 6.45) is 0. The topological polar surface area (TPSA) is 85.0 Å². The first-order chi connectivity index (χ1) is 7.70. The van der Waals surface area contributed by atoms with Crippen LogP contribution in [0.5, 0.6) is 0 Å². The van der Waals surface area contributed by atoms with Crippen molar-refractivity contribution in [1.82, 2.24) is 15.1 Å². The smallest absolute Gasteiger partial charge is 0.239 e. The van der Waals surface area contributed by atoms with Gasteiger partial charge >= 0.3 is 0 Å². The highest BCUT2D eigenvalue weighted by atomic mass is 16.2. The van der Waals surface area contributed by atoms with Crippen LogP contribution >= 0.6 is 0 Å². The van der Waals surface area contributed by atoms with Crippen molar-refractivity contribution in [1.29, 1.82) is 0 Å². The zero-order valence-electron chi connectivity index (χ0n) is 11.1. The first-order valence-electron chi connectivity index (χ1n) is 5.54. The van der Waals surface area contributed by atoms with E-state index in [2.05, 4.69) is 15.7 Å². The van der Waals surface area contributed by atoms with E-state index in [-0.39, 0.29) is 18.0 Å². The standard InChI is InChI=1S/C11H21N5O/c1-7-9(12)10(16(5)15-7)13-6-8(17)14-11(2,3)4/h13H,6,12H2,1-5H3,(H,14,17). The van der Waals surface area contributed by atoms with Crippen molar-refractivity contribution in [2.45, 2.75) is 33.2 Å². The molecule has 0 aliphatic carbocycles. The van der Waals surface area contributed by atoms with E-state index < -0.39 is 0 Å². The van der Waals surface area contributed by atoms with Gasteiger partial charge in [0.2, 0.25) is 5.91 Å². The largest absolute Gasteiger partial charge is 0.394 e. The molecule has 0 atom stereocenters. The SMILES string of the molecule is Cc1nn(C)c(NCC(=O)NC(C)(C)C)c1N. The number of rotatable bonds is 3. The Bertz CT molecular complexity index is 416. The van der Waals surface area contributed by atoms with Crippen molar-refractivity contribution >= 4 is 17.4 Å². The van der Waals surface area contributed by atoms with Crippen LogP contribution in [-0.4, -0.2) is 27.8 Å². The molecule has 0 saturated heterocycles. The Balaban J connectivity index is 2.59. The van der Waals surface area contributed by atoms with E-state index in [4.69, 9.17) is 5.73 Å². The Morgan fingerprint density at radius 1 is 1.47 bits per heavy atom. The van der Waals surface area contributed by atoms with Gasteiger partial charge < -0.3 is 16.4 Å². The van der Waals surface area contributed by atoms with Gasteiger partial charge in [0, 0.05) is 12.6 Å². The summed E-state index contributed by atoms with van der Waals surface area (Å²) in [6, 6.07) is 0. The van der Waals surface area contributed by atoms with E-state index in [1.165, 1.54) is 0 Å². The van der Waals surface area contributed by atoms with Gasteiger partial charge in [-0.25, -0.2) is 0 Å². The van der Waals surface area contributed by atoms with Crippen molar-refractivity contribution in [2.24, 2.45) is 7.05 Å². The number of carbonyl (C=O) groups is 1. The lowest BCUT2D eigenvalue weighted by Crippen LogP contribution is -2.43. The maximum absolute atomic E-state index is 11.6. The number of nitrogens with one attached hydrogen (secondary N) is 2. The molecule has 17 heavy (non-hydrogen) atoms. The van der Waals surface area contributed by atoms with Gasteiger partial charge in [0.25, 0.3) is 0 Å². The molecule has 4 N–H and O–H groups in total. The Kier molecular flexibility index (Phi) is 3.65. The van der Waals surface area contributed by atoms with Gasteiger partial charge in [-0.2, -0.15) is 5.10 Å². The molecule has 1 heterocycles. The molecule has 1 amide bonds. The minimum atomic E-state index is -0.229. The number of carbonyl (C=O) groups excluding carboxylic acids is 1. The molecule has 0 unspecified atom stereocenters. The Morgan fingerprint density at radius 3 is 2.47 bits per heavy atom. The second-order valence-corrected chi connectivity index (χ2v) is 5.12. The molecule has 1 aromatic heterocycles. The number of nitrogens with two attached hydrogens (primary N) is 1. The third-order valence-corrected chi connectivity index (χ3v) is 2.20. The van der Waals surface area contributed by atoms with E-state index in [0.29, 0.717) is 11.5 Å². The minimum Gasteiger partial charge on any atom is -0.394 e. The molecule has 0 radical (unpaired) electrons. The van der Waals surface area contributed by atoms with Gasteiger partial charge in [-0.05, 0) is 27.7 Å². The number of aryl methyl sites for hydroxylation is 2. The molecule has 0 saturated carbocycles. The third-order valence-electron chi connectivity index (χ3n) is 2.20. The highest BCUT2D eigenvalue weighted by molar-refractivity contribution is 5.82. The van der Waals surface area contributed by atoms with Crippen LogP contribution in [0.2, 0.25) is 0 Å². The van der Waals surface area contributed by atoms with Crippen LogP contribution in [0.1, 0.15) is 26.5 Å².